The third kappa shape index (κ3) is 6.27. The van der Waals surface area contributed by atoms with Crippen molar-refractivity contribution < 1.29 is 18.7 Å². The van der Waals surface area contributed by atoms with E-state index in [0.29, 0.717) is 24.7 Å². The monoisotopic (exact) mass is 494 g/mol. The first-order valence-electron chi connectivity index (χ1n) is 11.9. The van der Waals surface area contributed by atoms with Crippen LogP contribution in [-0.2, 0) is 4.74 Å². The Morgan fingerprint density at radius 3 is 2.72 bits per heavy atom. The number of carbonyl (C=O) groups is 1. The van der Waals surface area contributed by atoms with Crippen LogP contribution in [0.15, 0.2) is 48.8 Å². The molecule has 1 aromatic carbocycles. The number of amides is 1. The van der Waals surface area contributed by atoms with E-state index in [0.717, 1.165) is 42.9 Å². The van der Waals surface area contributed by atoms with Crippen molar-refractivity contribution in [3.63, 3.8) is 0 Å². The van der Waals surface area contributed by atoms with Gasteiger partial charge in [-0.1, -0.05) is 25.0 Å². The number of nitrogens with two attached hydrogens (primary N) is 2. The number of halogens is 1. The molecule has 0 radical (unpaired) electrons. The average Bonchev–Trinajstić information content (AvgIpc) is 2.87. The van der Waals surface area contributed by atoms with Crippen molar-refractivity contribution in [2.24, 2.45) is 11.5 Å². The van der Waals surface area contributed by atoms with E-state index in [1.165, 1.54) is 0 Å². The number of ether oxygens (including phenoxy) is 2. The van der Waals surface area contributed by atoms with Crippen LogP contribution in [0.2, 0.25) is 0 Å². The van der Waals surface area contributed by atoms with Crippen molar-refractivity contribution in [3.05, 3.63) is 60.2 Å². The number of methoxy groups -OCH3 is 1. The topological polar surface area (TPSA) is 137 Å². The van der Waals surface area contributed by atoms with E-state index < -0.39 is 11.7 Å². The van der Waals surface area contributed by atoms with Gasteiger partial charge < -0.3 is 31.6 Å². The largest absolute Gasteiger partial charge is 0.491 e. The van der Waals surface area contributed by atoms with Crippen LogP contribution < -0.4 is 26.8 Å². The maximum Gasteiger partial charge on any atom is 0.252 e. The highest BCUT2D eigenvalue weighted by Crippen LogP contribution is 2.29. The number of pyridine rings is 2. The summed E-state index contributed by atoms with van der Waals surface area (Å²) in [4.78, 5) is 20.7. The first-order valence-corrected chi connectivity index (χ1v) is 11.9. The highest BCUT2D eigenvalue weighted by molar-refractivity contribution is 5.98. The van der Waals surface area contributed by atoms with E-state index in [2.05, 4.69) is 20.6 Å². The van der Waals surface area contributed by atoms with Gasteiger partial charge in [-0.3, -0.25) is 9.78 Å². The van der Waals surface area contributed by atoms with Crippen LogP contribution in [-0.4, -0.2) is 48.3 Å². The molecule has 1 fully saturated rings. The van der Waals surface area contributed by atoms with Crippen LogP contribution in [0.3, 0.4) is 0 Å². The van der Waals surface area contributed by atoms with Gasteiger partial charge in [0.05, 0.1) is 24.1 Å². The molecular formula is C26H31FN6O3. The summed E-state index contributed by atoms with van der Waals surface area (Å²) >= 11 is 0. The summed E-state index contributed by atoms with van der Waals surface area (Å²) < 4.78 is 25.5. The number of carbonyl (C=O) groups excluding carboxylic acids is 1. The molecule has 2 aromatic heterocycles. The third-order valence-electron chi connectivity index (χ3n) is 6.11. The number of primary amides is 1. The molecule has 1 aliphatic carbocycles. The normalized spacial score (nSPS) is 17.4. The van der Waals surface area contributed by atoms with Gasteiger partial charge in [0.15, 0.2) is 11.6 Å². The summed E-state index contributed by atoms with van der Waals surface area (Å²) in [6, 6.07) is 10.3. The van der Waals surface area contributed by atoms with E-state index in [4.69, 9.17) is 20.9 Å². The molecule has 10 heteroatoms. The Labute approximate surface area is 209 Å². The molecule has 3 aromatic rings. The molecular weight excluding hydrogens is 463 g/mol. The van der Waals surface area contributed by atoms with Crippen molar-refractivity contribution >= 4 is 23.2 Å². The van der Waals surface area contributed by atoms with Gasteiger partial charge in [-0.15, -0.1) is 0 Å². The average molecular weight is 495 g/mol. The zero-order valence-electron chi connectivity index (χ0n) is 20.2. The summed E-state index contributed by atoms with van der Waals surface area (Å²) in [7, 11) is 1.62. The molecule has 2 atom stereocenters. The predicted molar refractivity (Wildman–Crippen MR) is 137 cm³/mol. The van der Waals surface area contributed by atoms with Crippen LogP contribution in [0.1, 0.15) is 36.0 Å². The van der Waals surface area contributed by atoms with Gasteiger partial charge in [0.1, 0.15) is 18.2 Å². The molecule has 0 bridgehead atoms. The first kappa shape index (κ1) is 25.3. The zero-order chi connectivity index (χ0) is 25.5. The van der Waals surface area contributed by atoms with Crippen molar-refractivity contribution in [1.29, 1.82) is 0 Å². The lowest BCUT2D eigenvalue weighted by atomic mass is 9.91. The molecule has 0 aliphatic heterocycles. The molecule has 1 amide bonds. The summed E-state index contributed by atoms with van der Waals surface area (Å²) in [6.07, 6.45) is 7.04. The fraction of sp³-hybridized carbons (Fsp3) is 0.346. The van der Waals surface area contributed by atoms with Gasteiger partial charge in [-0.05, 0) is 42.7 Å². The summed E-state index contributed by atoms with van der Waals surface area (Å²) in [5.41, 5.74) is 13.9. The standard InChI is InChI=1S/C26H31FN6O3/c1-35-9-10-36-19-6-4-5-16(12-19)17-11-18(15-30-14-17)31-25-20(24(29)34)13-21(27)26(33-25)32-23-8-3-2-7-22(23)28/h4-6,11-15,22-23H,2-3,7-10,28H2,1H3,(H2,29,34)(H2,31,32,33). The fourth-order valence-corrected chi connectivity index (χ4v) is 4.20. The highest BCUT2D eigenvalue weighted by atomic mass is 19.1. The maximum atomic E-state index is 14.8. The van der Waals surface area contributed by atoms with Gasteiger partial charge in [-0.2, -0.15) is 0 Å². The second-order valence-corrected chi connectivity index (χ2v) is 8.73. The Kier molecular flexibility index (Phi) is 8.29. The Bertz CT molecular complexity index is 1210. The van der Waals surface area contributed by atoms with Crippen molar-refractivity contribution in [2.75, 3.05) is 31.0 Å². The van der Waals surface area contributed by atoms with E-state index >= 15 is 0 Å². The summed E-state index contributed by atoms with van der Waals surface area (Å²) in [5.74, 6) is -0.601. The third-order valence-corrected chi connectivity index (χ3v) is 6.11. The molecule has 0 saturated heterocycles. The van der Waals surface area contributed by atoms with Gasteiger partial charge >= 0.3 is 0 Å². The Balaban J connectivity index is 1.59. The van der Waals surface area contributed by atoms with Gasteiger partial charge in [-0.25, -0.2) is 9.37 Å². The number of benzene rings is 1. The first-order chi connectivity index (χ1) is 17.4. The fourth-order valence-electron chi connectivity index (χ4n) is 4.20. The number of hydrogen-bond acceptors (Lipinski definition) is 8. The van der Waals surface area contributed by atoms with Gasteiger partial charge in [0.2, 0.25) is 0 Å². The lowest BCUT2D eigenvalue weighted by Crippen LogP contribution is -2.43. The van der Waals surface area contributed by atoms with E-state index in [1.807, 2.05) is 30.3 Å². The molecule has 2 heterocycles. The molecule has 1 saturated carbocycles. The van der Waals surface area contributed by atoms with Crippen LogP contribution >= 0.6 is 0 Å². The Hall–Kier alpha value is -3.76. The van der Waals surface area contributed by atoms with Crippen molar-refractivity contribution in [3.8, 4) is 16.9 Å². The second-order valence-electron chi connectivity index (χ2n) is 8.73. The molecule has 6 N–H and O–H groups in total. The SMILES string of the molecule is COCCOc1cccc(-c2cncc(Nc3nc(NC4CCCCC4N)c(F)cc3C(N)=O)c2)c1. The van der Waals surface area contributed by atoms with Crippen molar-refractivity contribution in [1.82, 2.24) is 9.97 Å². The van der Waals surface area contributed by atoms with Crippen LogP contribution in [0, 0.1) is 5.82 Å². The van der Waals surface area contributed by atoms with Crippen LogP contribution in [0.4, 0.5) is 21.7 Å². The van der Waals surface area contributed by atoms with Gasteiger partial charge in [0, 0.05) is 31.0 Å². The number of nitrogens with zero attached hydrogens (tertiary/aromatic N) is 2. The van der Waals surface area contributed by atoms with E-state index in [1.54, 1.807) is 19.5 Å². The number of hydrogen-bond donors (Lipinski definition) is 4. The molecule has 9 nitrogen and oxygen atoms in total. The Morgan fingerprint density at radius 1 is 1.11 bits per heavy atom. The minimum absolute atomic E-state index is 0.0230. The lowest BCUT2D eigenvalue weighted by molar-refractivity contribution is 0.100. The molecule has 190 valence electrons. The number of nitrogens with one attached hydrogen (secondary N) is 2. The predicted octanol–water partition coefficient (Wildman–Crippen LogP) is 3.83. The number of aromatic nitrogens is 2. The summed E-state index contributed by atoms with van der Waals surface area (Å²) in [5, 5.41) is 6.19. The number of anilines is 3. The minimum Gasteiger partial charge on any atom is -0.491 e. The van der Waals surface area contributed by atoms with Crippen LogP contribution in [0.5, 0.6) is 5.75 Å². The molecule has 0 spiro atoms. The quantitative estimate of drug-likeness (QED) is 0.312. The second kappa shape index (κ2) is 11.8. The maximum absolute atomic E-state index is 14.8. The summed E-state index contributed by atoms with van der Waals surface area (Å²) in [6.45, 7) is 0.926. The van der Waals surface area contributed by atoms with E-state index in [-0.39, 0.29) is 29.3 Å². The Morgan fingerprint density at radius 2 is 1.94 bits per heavy atom. The number of rotatable bonds is 10. The molecule has 1 aliphatic rings. The van der Waals surface area contributed by atoms with Crippen molar-refractivity contribution in [2.45, 2.75) is 37.8 Å². The molecule has 4 rings (SSSR count). The van der Waals surface area contributed by atoms with Crippen LogP contribution in [0.25, 0.3) is 11.1 Å². The van der Waals surface area contributed by atoms with E-state index in [9.17, 15) is 9.18 Å². The minimum atomic E-state index is -0.796. The highest BCUT2D eigenvalue weighted by Gasteiger charge is 2.24. The zero-order valence-corrected chi connectivity index (χ0v) is 20.2. The van der Waals surface area contributed by atoms with Gasteiger partial charge in [0.25, 0.3) is 5.91 Å². The lowest BCUT2D eigenvalue weighted by Gasteiger charge is -2.30. The molecule has 36 heavy (non-hydrogen) atoms. The smallest absolute Gasteiger partial charge is 0.252 e. The molecule has 2 unspecified atom stereocenters.